The van der Waals surface area contributed by atoms with Crippen molar-refractivity contribution in [2.45, 2.75) is 46.5 Å². The first-order valence-corrected chi connectivity index (χ1v) is 10.4. The maximum atomic E-state index is 12.4. The van der Waals surface area contributed by atoms with Crippen molar-refractivity contribution in [3.63, 3.8) is 0 Å². The molecule has 0 spiro atoms. The van der Waals surface area contributed by atoms with Crippen molar-refractivity contribution in [3.05, 3.63) is 35.5 Å². The zero-order valence-electron chi connectivity index (χ0n) is 17.8. The van der Waals surface area contributed by atoms with Gasteiger partial charge in [0.25, 0.3) is 0 Å². The zero-order chi connectivity index (χ0) is 20.6. The van der Waals surface area contributed by atoms with Crippen LogP contribution in [0.2, 0.25) is 0 Å². The summed E-state index contributed by atoms with van der Waals surface area (Å²) in [6.45, 7) is 7.57. The average molecular weight is 395 g/mol. The van der Waals surface area contributed by atoms with Crippen molar-refractivity contribution in [1.82, 2.24) is 15.2 Å². The Morgan fingerprint density at radius 1 is 1.31 bits per heavy atom. The quantitative estimate of drug-likeness (QED) is 0.648. The minimum Gasteiger partial charge on any atom is -0.383 e. The topological polar surface area (TPSA) is 74.0 Å². The van der Waals surface area contributed by atoms with Gasteiger partial charge in [0.2, 0.25) is 5.91 Å². The lowest BCUT2D eigenvalue weighted by Crippen LogP contribution is -2.33. The Morgan fingerprint density at radius 2 is 2.14 bits per heavy atom. The second-order valence-corrected chi connectivity index (χ2v) is 8.72. The Kier molecular flexibility index (Phi) is 5.21. The van der Waals surface area contributed by atoms with Gasteiger partial charge in [-0.2, -0.15) is 5.10 Å². The van der Waals surface area contributed by atoms with E-state index < -0.39 is 0 Å². The molecule has 0 radical (unpaired) electrons. The molecule has 1 aromatic carbocycles. The van der Waals surface area contributed by atoms with Crippen molar-refractivity contribution >= 4 is 22.5 Å². The molecule has 1 amide bonds. The predicted molar refractivity (Wildman–Crippen MR) is 116 cm³/mol. The number of ether oxygens (including phenoxy) is 1. The van der Waals surface area contributed by atoms with E-state index in [0.717, 1.165) is 40.8 Å². The van der Waals surface area contributed by atoms with E-state index in [1.54, 1.807) is 12.0 Å². The number of methoxy groups -OCH3 is 1. The second kappa shape index (κ2) is 7.67. The van der Waals surface area contributed by atoms with E-state index >= 15 is 0 Å². The normalized spacial score (nSPS) is 15.4. The van der Waals surface area contributed by atoms with Crippen molar-refractivity contribution in [3.8, 4) is 11.4 Å². The van der Waals surface area contributed by atoms with Gasteiger partial charge < -0.3 is 14.6 Å². The summed E-state index contributed by atoms with van der Waals surface area (Å²) in [5, 5.41) is 9.01. The Bertz CT molecular complexity index is 1030. The average Bonchev–Trinajstić information content (AvgIpc) is 3.29. The number of nitrogens with zero attached hydrogens (tertiary/aromatic N) is 2. The largest absolute Gasteiger partial charge is 0.383 e. The second-order valence-electron chi connectivity index (χ2n) is 8.72. The molecule has 2 heterocycles. The molecule has 6 nitrogen and oxygen atoms in total. The number of hydrogen-bond acceptors (Lipinski definition) is 3. The summed E-state index contributed by atoms with van der Waals surface area (Å²) in [6.07, 6.45) is 3.72. The smallest absolute Gasteiger partial charge is 0.226 e. The molecule has 1 aliphatic rings. The van der Waals surface area contributed by atoms with E-state index in [1.165, 1.54) is 17.7 Å². The highest BCUT2D eigenvalue weighted by Crippen LogP contribution is 2.38. The predicted octanol–water partition coefficient (Wildman–Crippen LogP) is 4.46. The van der Waals surface area contributed by atoms with Crippen LogP contribution in [0.1, 0.15) is 44.9 Å². The molecule has 29 heavy (non-hydrogen) atoms. The van der Waals surface area contributed by atoms with Gasteiger partial charge in [0, 0.05) is 47.9 Å². The fourth-order valence-electron chi connectivity index (χ4n) is 4.25. The summed E-state index contributed by atoms with van der Waals surface area (Å²) in [4.78, 5) is 17.7. The van der Waals surface area contributed by atoms with Crippen LogP contribution in [0.3, 0.4) is 0 Å². The van der Waals surface area contributed by atoms with Crippen molar-refractivity contribution in [2.24, 2.45) is 5.41 Å². The van der Waals surface area contributed by atoms with Crippen molar-refractivity contribution in [1.29, 1.82) is 0 Å². The van der Waals surface area contributed by atoms with E-state index in [2.05, 4.69) is 41.2 Å². The minimum absolute atomic E-state index is 0.0946. The molecule has 0 unspecified atom stereocenters. The Morgan fingerprint density at radius 3 is 2.90 bits per heavy atom. The van der Waals surface area contributed by atoms with Gasteiger partial charge in [-0.3, -0.25) is 9.89 Å². The van der Waals surface area contributed by atoms with E-state index in [-0.39, 0.29) is 5.91 Å². The van der Waals surface area contributed by atoms with Crippen LogP contribution in [0.4, 0.5) is 5.69 Å². The van der Waals surface area contributed by atoms with Crippen LogP contribution in [0.5, 0.6) is 0 Å². The zero-order valence-corrected chi connectivity index (χ0v) is 17.8. The van der Waals surface area contributed by atoms with Gasteiger partial charge >= 0.3 is 0 Å². The first-order valence-electron chi connectivity index (χ1n) is 10.4. The summed E-state index contributed by atoms with van der Waals surface area (Å²) >= 11 is 0. The number of anilines is 1. The molecular weight excluding hydrogens is 364 g/mol. The fourth-order valence-corrected chi connectivity index (χ4v) is 4.25. The maximum absolute atomic E-state index is 12.4. The Hall–Kier alpha value is -2.60. The molecule has 4 rings (SSSR count). The van der Waals surface area contributed by atoms with Gasteiger partial charge in [0.05, 0.1) is 12.3 Å². The third-order valence-corrected chi connectivity index (χ3v) is 5.96. The molecule has 6 heteroatoms. The first kappa shape index (κ1) is 19.7. The molecule has 0 saturated heterocycles. The molecule has 3 aromatic rings. The Balaban J connectivity index is 1.68. The van der Waals surface area contributed by atoms with Crippen LogP contribution in [0, 0.1) is 5.41 Å². The summed E-state index contributed by atoms with van der Waals surface area (Å²) in [5.41, 5.74) is 6.86. The summed E-state index contributed by atoms with van der Waals surface area (Å²) in [7, 11) is 1.65. The highest BCUT2D eigenvalue weighted by Gasteiger charge is 2.29. The fraction of sp³-hybridized carbons (Fsp3) is 0.478. The number of rotatable bonds is 6. The number of amides is 1. The molecule has 2 aromatic heterocycles. The number of benzene rings is 1. The molecule has 0 atom stereocenters. The summed E-state index contributed by atoms with van der Waals surface area (Å²) in [5.74, 6) is 0.0946. The summed E-state index contributed by atoms with van der Waals surface area (Å²) < 4.78 is 5.18. The van der Waals surface area contributed by atoms with Crippen LogP contribution in [0.25, 0.3) is 22.3 Å². The third kappa shape index (κ3) is 3.81. The molecule has 0 aliphatic heterocycles. The van der Waals surface area contributed by atoms with Crippen LogP contribution in [0.15, 0.2) is 24.3 Å². The lowest BCUT2D eigenvalue weighted by molar-refractivity contribution is -0.118. The monoisotopic (exact) mass is 394 g/mol. The molecule has 154 valence electrons. The number of carbonyl (C=O) groups excluding carboxylic acids is 1. The Labute approximate surface area is 171 Å². The van der Waals surface area contributed by atoms with Gasteiger partial charge in [-0.25, -0.2) is 0 Å². The van der Waals surface area contributed by atoms with E-state index in [0.29, 0.717) is 25.0 Å². The lowest BCUT2D eigenvalue weighted by Gasteiger charge is -2.28. The standard InChI is InChI=1S/C23H30N4O2/c1-5-21(28)27(10-11-29-4)16-7-6-15-12-19(24-18(15)13-16)22-17-8-9-23(2,3)14-20(17)25-26-22/h6-7,12-13,24H,5,8-11,14H2,1-4H3,(H,25,26). The number of nitrogens with one attached hydrogen (secondary N) is 2. The minimum atomic E-state index is 0.0946. The highest BCUT2D eigenvalue weighted by molar-refractivity contribution is 5.96. The molecule has 0 fully saturated rings. The number of carbonyl (C=O) groups is 1. The molecule has 0 bridgehead atoms. The summed E-state index contributed by atoms with van der Waals surface area (Å²) in [6, 6.07) is 8.27. The number of aromatic nitrogens is 3. The molecule has 2 N–H and O–H groups in total. The van der Waals surface area contributed by atoms with E-state index in [1.807, 2.05) is 19.1 Å². The molecular formula is C23H30N4O2. The number of hydrogen-bond donors (Lipinski definition) is 2. The van der Waals surface area contributed by atoms with E-state index in [4.69, 9.17) is 4.74 Å². The molecule has 1 aliphatic carbocycles. The lowest BCUT2D eigenvalue weighted by atomic mass is 9.76. The van der Waals surface area contributed by atoms with Gasteiger partial charge in [-0.1, -0.05) is 26.8 Å². The van der Waals surface area contributed by atoms with Crippen LogP contribution >= 0.6 is 0 Å². The molecule has 0 saturated carbocycles. The number of aromatic amines is 2. The van der Waals surface area contributed by atoms with Crippen LogP contribution in [-0.2, 0) is 22.4 Å². The highest BCUT2D eigenvalue weighted by atomic mass is 16.5. The van der Waals surface area contributed by atoms with Crippen molar-refractivity contribution in [2.75, 3.05) is 25.2 Å². The maximum Gasteiger partial charge on any atom is 0.226 e. The van der Waals surface area contributed by atoms with E-state index in [9.17, 15) is 4.79 Å². The third-order valence-electron chi connectivity index (χ3n) is 5.96. The van der Waals surface area contributed by atoms with Gasteiger partial charge in [-0.15, -0.1) is 0 Å². The van der Waals surface area contributed by atoms with Crippen LogP contribution < -0.4 is 4.90 Å². The van der Waals surface area contributed by atoms with Crippen LogP contribution in [-0.4, -0.2) is 41.3 Å². The van der Waals surface area contributed by atoms with Gasteiger partial charge in [0.1, 0.15) is 5.69 Å². The van der Waals surface area contributed by atoms with Gasteiger partial charge in [0.15, 0.2) is 0 Å². The van der Waals surface area contributed by atoms with Gasteiger partial charge in [-0.05, 0) is 42.9 Å². The SMILES string of the molecule is CCC(=O)N(CCOC)c1ccc2cc(-c3n[nH]c4c3CCC(C)(C)C4)[nH]c2c1. The first-order chi connectivity index (χ1) is 13.9. The number of H-pyrrole nitrogens is 2. The van der Waals surface area contributed by atoms with Crippen molar-refractivity contribution < 1.29 is 9.53 Å². The number of fused-ring (bicyclic) bond motifs is 2.